The van der Waals surface area contributed by atoms with Gasteiger partial charge >= 0.3 is 0 Å². The van der Waals surface area contributed by atoms with Gasteiger partial charge < -0.3 is 0 Å². The molecule has 0 N–H and O–H groups in total. The van der Waals surface area contributed by atoms with Gasteiger partial charge in [-0.2, -0.15) is 0 Å². The van der Waals surface area contributed by atoms with Crippen LogP contribution in [0.2, 0.25) is 0 Å². The van der Waals surface area contributed by atoms with Crippen LogP contribution in [0.4, 0.5) is 4.39 Å². The van der Waals surface area contributed by atoms with E-state index in [-0.39, 0.29) is 0 Å². The fraction of sp³-hybridized carbons (Fsp3) is 0.667. The highest BCUT2D eigenvalue weighted by atomic mass is 19.1. The van der Waals surface area contributed by atoms with Gasteiger partial charge in [0, 0.05) is 0 Å². The zero-order valence-electron chi connectivity index (χ0n) is 16.2. The fourth-order valence-corrected chi connectivity index (χ4v) is 4.23. The third-order valence-electron chi connectivity index (χ3n) is 5.99. The highest BCUT2D eigenvalue weighted by Gasteiger charge is 2.20. The summed E-state index contributed by atoms with van der Waals surface area (Å²) in [6.45, 7) is 2.29. The maximum absolute atomic E-state index is 12.0. The molecule has 1 aliphatic carbocycles. The van der Waals surface area contributed by atoms with Crippen molar-refractivity contribution >= 4 is 0 Å². The largest absolute Gasteiger partial charge is 0.216 e. The van der Waals surface area contributed by atoms with Gasteiger partial charge in [0.15, 0.2) is 0 Å². The predicted molar refractivity (Wildman–Crippen MR) is 108 cm³/mol. The summed E-state index contributed by atoms with van der Waals surface area (Å²) in [5.41, 5.74) is 2.77. The maximum Gasteiger partial charge on any atom is 0.0827 e. The molecule has 1 aromatic rings. The molecule has 0 atom stereocenters. The molecule has 0 aromatic heterocycles. The summed E-state index contributed by atoms with van der Waals surface area (Å²) in [6.07, 6.45) is 19.5. The molecule has 0 aliphatic heterocycles. The highest BCUT2D eigenvalue weighted by Crippen LogP contribution is 2.34. The molecule has 140 valence electrons. The molecule has 0 unspecified atom stereocenters. The van der Waals surface area contributed by atoms with E-state index in [1.54, 1.807) is 6.08 Å². The van der Waals surface area contributed by atoms with Crippen molar-refractivity contribution in [3.05, 3.63) is 47.8 Å². The summed E-state index contributed by atoms with van der Waals surface area (Å²) in [7, 11) is 0. The van der Waals surface area contributed by atoms with Gasteiger partial charge in [0.2, 0.25) is 0 Å². The summed E-state index contributed by atoms with van der Waals surface area (Å²) in [5, 5.41) is 0. The van der Waals surface area contributed by atoms with Crippen LogP contribution in [0.1, 0.15) is 88.7 Å². The van der Waals surface area contributed by atoms with Crippen molar-refractivity contribution in [2.45, 2.75) is 90.4 Å². The minimum atomic E-state index is 0.647. The molecular weight excluding hydrogens is 307 g/mol. The molecule has 0 amide bonds. The lowest BCUT2D eigenvalue weighted by atomic mass is 9.77. The molecule has 0 saturated heterocycles. The maximum atomic E-state index is 12.0. The van der Waals surface area contributed by atoms with Crippen LogP contribution >= 0.6 is 0 Å². The quantitative estimate of drug-likeness (QED) is 0.359. The number of hydrogen-bond acceptors (Lipinski definition) is 0. The number of unbranched alkanes of at least 4 members (excludes halogenated alkanes) is 3. The average molecular weight is 345 g/mol. The van der Waals surface area contributed by atoms with Crippen LogP contribution in [0.3, 0.4) is 0 Å². The average Bonchev–Trinajstić information content (AvgIpc) is 2.66. The summed E-state index contributed by atoms with van der Waals surface area (Å²) in [4.78, 5) is 0. The van der Waals surface area contributed by atoms with E-state index in [0.717, 1.165) is 24.7 Å². The second-order valence-corrected chi connectivity index (χ2v) is 7.99. The van der Waals surface area contributed by atoms with Crippen LogP contribution in [-0.2, 0) is 12.8 Å². The Morgan fingerprint density at radius 1 is 0.840 bits per heavy atom. The van der Waals surface area contributed by atoms with E-state index in [4.69, 9.17) is 0 Å². The number of hydrogen-bond donors (Lipinski definition) is 0. The molecule has 0 heterocycles. The summed E-state index contributed by atoms with van der Waals surface area (Å²) in [5.74, 6) is 1.96. The van der Waals surface area contributed by atoms with Crippen molar-refractivity contribution in [1.82, 2.24) is 0 Å². The van der Waals surface area contributed by atoms with Crippen LogP contribution in [0.25, 0.3) is 0 Å². The molecule has 1 heteroatoms. The Morgan fingerprint density at radius 3 is 2.04 bits per heavy atom. The minimum absolute atomic E-state index is 0.647. The van der Waals surface area contributed by atoms with Gasteiger partial charge in [-0.3, -0.25) is 0 Å². The molecule has 1 saturated carbocycles. The molecule has 0 nitrogen and oxygen atoms in total. The number of aryl methyl sites for hydroxylation is 2. The number of rotatable bonds is 11. The van der Waals surface area contributed by atoms with Gasteiger partial charge in [-0.05, 0) is 48.6 Å². The Kier molecular flexibility index (Phi) is 9.92. The van der Waals surface area contributed by atoms with Gasteiger partial charge in [-0.25, -0.2) is 4.39 Å². The standard InChI is InChI=1S/C24H37F/c1-2-3-4-5-8-21-10-14-23(15-11-21)18-19-24-16-12-22(13-17-24)9-6-7-20-25/h7,12-13,16-17,20-21,23H,2-6,8-11,14-15,18-19H2,1H3/t21-,23-. The molecule has 2 rings (SSSR count). The normalized spacial score (nSPS) is 21.0. The molecule has 0 bridgehead atoms. The van der Waals surface area contributed by atoms with Crippen LogP contribution in [0.15, 0.2) is 36.7 Å². The second-order valence-electron chi connectivity index (χ2n) is 7.99. The first-order valence-corrected chi connectivity index (χ1v) is 10.6. The number of benzene rings is 1. The van der Waals surface area contributed by atoms with E-state index < -0.39 is 0 Å². The first-order chi connectivity index (χ1) is 12.3. The summed E-state index contributed by atoms with van der Waals surface area (Å²) >= 11 is 0. The lowest BCUT2D eigenvalue weighted by molar-refractivity contribution is 0.249. The Morgan fingerprint density at radius 2 is 1.44 bits per heavy atom. The Balaban J connectivity index is 1.60. The monoisotopic (exact) mass is 344 g/mol. The zero-order chi connectivity index (χ0) is 17.7. The van der Waals surface area contributed by atoms with E-state index in [9.17, 15) is 4.39 Å². The first kappa shape index (κ1) is 20.2. The Labute approximate surface area is 154 Å². The molecular formula is C24H37F. The van der Waals surface area contributed by atoms with Crippen molar-refractivity contribution in [2.75, 3.05) is 0 Å². The smallest absolute Gasteiger partial charge is 0.0827 e. The third kappa shape index (κ3) is 8.21. The lowest BCUT2D eigenvalue weighted by Gasteiger charge is -2.28. The topological polar surface area (TPSA) is 0 Å². The van der Waals surface area contributed by atoms with Crippen LogP contribution in [-0.4, -0.2) is 0 Å². The van der Waals surface area contributed by atoms with E-state index in [2.05, 4.69) is 31.2 Å². The molecule has 0 spiro atoms. The van der Waals surface area contributed by atoms with E-state index in [0.29, 0.717) is 6.33 Å². The van der Waals surface area contributed by atoms with Crippen LogP contribution in [0.5, 0.6) is 0 Å². The second kappa shape index (κ2) is 12.3. The Bertz CT molecular complexity index is 465. The first-order valence-electron chi connectivity index (χ1n) is 10.6. The van der Waals surface area contributed by atoms with Crippen molar-refractivity contribution in [2.24, 2.45) is 11.8 Å². The van der Waals surface area contributed by atoms with Crippen molar-refractivity contribution in [1.29, 1.82) is 0 Å². The van der Waals surface area contributed by atoms with E-state index >= 15 is 0 Å². The third-order valence-corrected chi connectivity index (χ3v) is 5.99. The molecule has 1 fully saturated rings. The SMILES string of the molecule is CCCCCC[C@H]1CC[C@H](CCc2ccc(CCC=CF)cc2)CC1. The van der Waals surface area contributed by atoms with Gasteiger partial charge in [0.05, 0.1) is 6.33 Å². The highest BCUT2D eigenvalue weighted by molar-refractivity contribution is 5.23. The number of halogens is 1. The molecule has 1 aromatic carbocycles. The van der Waals surface area contributed by atoms with Gasteiger partial charge in [-0.1, -0.05) is 95.1 Å². The predicted octanol–water partition coefficient (Wildman–Crippen LogP) is 7.81. The summed E-state index contributed by atoms with van der Waals surface area (Å²) in [6, 6.07) is 8.98. The lowest BCUT2D eigenvalue weighted by Crippen LogP contribution is -2.15. The van der Waals surface area contributed by atoms with Gasteiger partial charge in [0.1, 0.15) is 0 Å². The van der Waals surface area contributed by atoms with Crippen molar-refractivity contribution < 1.29 is 4.39 Å². The van der Waals surface area contributed by atoms with Gasteiger partial charge in [-0.15, -0.1) is 0 Å². The minimum Gasteiger partial charge on any atom is -0.216 e. The van der Waals surface area contributed by atoms with E-state index in [1.165, 1.54) is 81.8 Å². The van der Waals surface area contributed by atoms with E-state index in [1.807, 2.05) is 0 Å². The van der Waals surface area contributed by atoms with Crippen LogP contribution in [0, 0.1) is 11.8 Å². The zero-order valence-corrected chi connectivity index (χ0v) is 16.2. The van der Waals surface area contributed by atoms with Gasteiger partial charge in [0.25, 0.3) is 0 Å². The van der Waals surface area contributed by atoms with Crippen molar-refractivity contribution in [3.8, 4) is 0 Å². The summed E-state index contributed by atoms with van der Waals surface area (Å²) < 4.78 is 12.0. The Hall–Kier alpha value is -1.11. The molecule has 25 heavy (non-hydrogen) atoms. The van der Waals surface area contributed by atoms with Crippen molar-refractivity contribution in [3.63, 3.8) is 0 Å². The van der Waals surface area contributed by atoms with Crippen LogP contribution < -0.4 is 0 Å². The molecule has 1 aliphatic rings. The fourth-order valence-electron chi connectivity index (χ4n) is 4.23. The number of allylic oxidation sites excluding steroid dienone is 1. The molecule has 0 radical (unpaired) electrons.